The van der Waals surface area contributed by atoms with Crippen molar-refractivity contribution in [1.82, 2.24) is 24.5 Å². The number of hydrogen-bond donors (Lipinski definition) is 1. The molecule has 0 radical (unpaired) electrons. The summed E-state index contributed by atoms with van der Waals surface area (Å²) in [6, 6.07) is 10.3. The molecule has 4 aromatic rings. The maximum Gasteiger partial charge on any atom is 0.408 e. The van der Waals surface area contributed by atoms with Gasteiger partial charge in [-0.25, -0.2) is 9.31 Å². The van der Waals surface area contributed by atoms with Crippen molar-refractivity contribution in [2.24, 2.45) is 5.92 Å². The summed E-state index contributed by atoms with van der Waals surface area (Å²) in [5.41, 5.74) is 1.32. The fourth-order valence-corrected chi connectivity index (χ4v) is 4.47. The van der Waals surface area contributed by atoms with Crippen LogP contribution in [0.1, 0.15) is 33.6 Å². The SMILES string of the molecule is COc1cc(-n2cnn3cc(-c4ccc(Cl)cn4)cc3c2=O)ccc1OC[C@H](OC(=O)CNC(=O)OC(C)(C)C)C1CC1. The van der Waals surface area contributed by atoms with Crippen LogP contribution in [0, 0.1) is 5.92 Å². The van der Waals surface area contributed by atoms with Crippen molar-refractivity contribution in [2.45, 2.75) is 45.3 Å². The molecule has 1 fully saturated rings. The third-order valence-electron chi connectivity index (χ3n) is 6.59. The maximum atomic E-state index is 13.4. The van der Waals surface area contributed by atoms with Gasteiger partial charge in [0.05, 0.1) is 23.5 Å². The molecule has 43 heavy (non-hydrogen) atoms. The molecule has 226 valence electrons. The zero-order chi connectivity index (χ0) is 30.7. The topological polar surface area (TPSA) is 135 Å². The number of carbonyl (C=O) groups excluding carboxylic acids is 2. The lowest BCUT2D eigenvalue weighted by molar-refractivity contribution is -0.150. The van der Waals surface area contributed by atoms with Gasteiger partial charge >= 0.3 is 12.1 Å². The monoisotopic (exact) mass is 609 g/mol. The van der Waals surface area contributed by atoms with Gasteiger partial charge < -0.3 is 24.3 Å². The van der Waals surface area contributed by atoms with Gasteiger partial charge in [-0.15, -0.1) is 0 Å². The molecular formula is C30H32ClN5O7. The molecule has 5 rings (SSSR count). The number of methoxy groups -OCH3 is 1. The Bertz CT molecular complexity index is 1690. The molecule has 1 aliphatic carbocycles. The first kappa shape index (κ1) is 29.9. The van der Waals surface area contributed by atoms with Crippen molar-refractivity contribution >= 4 is 29.2 Å². The second-order valence-electron chi connectivity index (χ2n) is 11.1. The van der Waals surface area contributed by atoms with Gasteiger partial charge in [0.15, 0.2) is 11.5 Å². The van der Waals surface area contributed by atoms with Crippen molar-refractivity contribution in [1.29, 1.82) is 0 Å². The molecule has 1 N–H and O–H groups in total. The summed E-state index contributed by atoms with van der Waals surface area (Å²) in [4.78, 5) is 41.9. The van der Waals surface area contributed by atoms with Crippen molar-refractivity contribution in [3.63, 3.8) is 0 Å². The molecular weight excluding hydrogens is 578 g/mol. The Morgan fingerprint density at radius 3 is 2.60 bits per heavy atom. The zero-order valence-electron chi connectivity index (χ0n) is 24.2. The summed E-state index contributed by atoms with van der Waals surface area (Å²) in [6.07, 6.45) is 5.32. The maximum absolute atomic E-state index is 13.4. The predicted octanol–water partition coefficient (Wildman–Crippen LogP) is 4.43. The molecule has 1 amide bonds. The van der Waals surface area contributed by atoms with E-state index in [1.165, 1.54) is 22.5 Å². The first-order valence-corrected chi connectivity index (χ1v) is 14.1. The van der Waals surface area contributed by atoms with Crippen molar-refractivity contribution in [3.8, 4) is 28.4 Å². The van der Waals surface area contributed by atoms with Gasteiger partial charge in [-0.1, -0.05) is 11.6 Å². The van der Waals surface area contributed by atoms with E-state index >= 15 is 0 Å². The molecule has 1 atom stereocenters. The van der Waals surface area contributed by atoms with Crippen LogP contribution in [0.15, 0.2) is 59.9 Å². The Morgan fingerprint density at radius 1 is 1.14 bits per heavy atom. The Morgan fingerprint density at radius 2 is 1.93 bits per heavy atom. The third-order valence-corrected chi connectivity index (χ3v) is 6.81. The highest BCUT2D eigenvalue weighted by atomic mass is 35.5. The number of alkyl carbamates (subject to hydrolysis) is 1. The Balaban J connectivity index is 1.27. The van der Waals surface area contributed by atoms with Gasteiger partial charge in [-0.05, 0) is 69.9 Å². The number of aromatic nitrogens is 4. The highest BCUT2D eigenvalue weighted by Gasteiger charge is 2.35. The number of ether oxygens (including phenoxy) is 4. The molecule has 0 bridgehead atoms. The lowest BCUT2D eigenvalue weighted by Gasteiger charge is -2.21. The van der Waals surface area contributed by atoms with Crippen LogP contribution in [0.2, 0.25) is 5.02 Å². The lowest BCUT2D eigenvalue weighted by Crippen LogP contribution is -2.38. The van der Waals surface area contributed by atoms with Gasteiger partial charge in [-0.2, -0.15) is 5.10 Å². The normalized spacial score (nSPS) is 13.8. The molecule has 0 aliphatic heterocycles. The molecule has 0 saturated heterocycles. The highest BCUT2D eigenvalue weighted by molar-refractivity contribution is 6.30. The highest BCUT2D eigenvalue weighted by Crippen LogP contribution is 2.36. The fourth-order valence-electron chi connectivity index (χ4n) is 4.36. The minimum absolute atomic E-state index is 0.0949. The van der Waals surface area contributed by atoms with Crippen LogP contribution in [0.5, 0.6) is 11.5 Å². The summed E-state index contributed by atoms with van der Waals surface area (Å²) in [7, 11) is 1.50. The number of amides is 1. The smallest absolute Gasteiger partial charge is 0.408 e. The summed E-state index contributed by atoms with van der Waals surface area (Å²) in [6.45, 7) is 4.98. The van der Waals surface area contributed by atoms with Gasteiger partial charge in [0.25, 0.3) is 5.56 Å². The number of esters is 1. The van der Waals surface area contributed by atoms with Crippen LogP contribution in [0.25, 0.3) is 22.5 Å². The predicted molar refractivity (Wildman–Crippen MR) is 158 cm³/mol. The number of fused-ring (bicyclic) bond motifs is 1. The van der Waals surface area contributed by atoms with Crippen LogP contribution in [0.3, 0.4) is 0 Å². The number of pyridine rings is 1. The van der Waals surface area contributed by atoms with E-state index in [1.54, 1.807) is 69.6 Å². The number of nitrogens with zero attached hydrogens (tertiary/aromatic N) is 4. The summed E-state index contributed by atoms with van der Waals surface area (Å²) >= 11 is 5.95. The van der Waals surface area contributed by atoms with Crippen molar-refractivity contribution in [3.05, 3.63) is 70.5 Å². The third kappa shape index (κ3) is 7.44. The van der Waals surface area contributed by atoms with Gasteiger partial charge in [0.1, 0.15) is 36.7 Å². The molecule has 3 aromatic heterocycles. The summed E-state index contributed by atoms with van der Waals surface area (Å²) < 4.78 is 25.2. The van der Waals surface area contributed by atoms with E-state index < -0.39 is 23.8 Å². The van der Waals surface area contributed by atoms with Crippen molar-refractivity contribution in [2.75, 3.05) is 20.3 Å². The minimum atomic E-state index is -0.696. The minimum Gasteiger partial charge on any atom is -0.493 e. The van der Waals surface area contributed by atoms with Crippen LogP contribution in [-0.4, -0.2) is 63.2 Å². The van der Waals surface area contributed by atoms with E-state index in [9.17, 15) is 14.4 Å². The molecule has 1 aromatic carbocycles. The van der Waals surface area contributed by atoms with E-state index in [0.717, 1.165) is 18.4 Å². The zero-order valence-corrected chi connectivity index (χ0v) is 25.0. The fraction of sp³-hybridized carbons (Fsp3) is 0.367. The molecule has 12 nitrogen and oxygen atoms in total. The number of hydrogen-bond acceptors (Lipinski definition) is 9. The number of nitrogens with one attached hydrogen (secondary N) is 1. The average Bonchev–Trinajstić information content (AvgIpc) is 3.72. The molecule has 0 unspecified atom stereocenters. The standard InChI is InChI=1S/C30H32ClN5O7/c1-30(2,3)43-29(39)33-14-27(37)42-26(18-5-6-18)16-41-24-10-8-21(12-25(24)40-4)35-17-34-36-15-19(11-23(36)28(35)38)22-9-7-20(31)13-32-22/h7-13,15,17-18,26H,5-6,14,16H2,1-4H3,(H,33,39)/t26-/m0/s1. The van der Waals surface area contributed by atoms with Gasteiger partial charge in [0, 0.05) is 24.0 Å². The number of benzene rings is 1. The van der Waals surface area contributed by atoms with E-state index in [2.05, 4.69) is 15.4 Å². The van der Waals surface area contributed by atoms with Crippen LogP contribution in [0.4, 0.5) is 4.79 Å². The Kier molecular flexibility index (Phi) is 8.58. The molecule has 0 spiro atoms. The van der Waals surface area contributed by atoms with Crippen LogP contribution >= 0.6 is 11.6 Å². The molecule has 1 aliphatic rings. The van der Waals surface area contributed by atoms with Gasteiger partial charge in [0.2, 0.25) is 0 Å². The van der Waals surface area contributed by atoms with Crippen molar-refractivity contribution < 1.29 is 28.5 Å². The van der Waals surface area contributed by atoms with E-state index in [1.807, 2.05) is 0 Å². The van der Waals surface area contributed by atoms with E-state index in [-0.39, 0.29) is 24.6 Å². The largest absolute Gasteiger partial charge is 0.493 e. The lowest BCUT2D eigenvalue weighted by atomic mass is 10.2. The second-order valence-corrected chi connectivity index (χ2v) is 11.5. The second kappa shape index (κ2) is 12.3. The molecule has 1 saturated carbocycles. The Hall–Kier alpha value is -4.58. The Labute approximate surface area is 252 Å². The van der Waals surface area contributed by atoms with E-state index in [0.29, 0.717) is 33.4 Å². The van der Waals surface area contributed by atoms with Gasteiger partial charge in [-0.3, -0.25) is 19.1 Å². The average molecular weight is 610 g/mol. The number of rotatable bonds is 10. The molecule has 3 heterocycles. The first-order chi connectivity index (χ1) is 20.5. The summed E-state index contributed by atoms with van der Waals surface area (Å²) in [5, 5.41) is 7.31. The van der Waals surface area contributed by atoms with E-state index in [4.69, 9.17) is 30.5 Å². The first-order valence-electron chi connectivity index (χ1n) is 13.7. The quantitative estimate of drug-likeness (QED) is 0.259. The number of halogens is 1. The molecule has 13 heteroatoms. The van der Waals surface area contributed by atoms with Crippen LogP contribution in [-0.2, 0) is 14.3 Å². The number of carbonyl (C=O) groups is 2. The van der Waals surface area contributed by atoms with Crippen LogP contribution < -0.4 is 20.3 Å². The summed E-state index contributed by atoms with van der Waals surface area (Å²) in [5.74, 6) is 0.386.